The fourth-order valence-electron chi connectivity index (χ4n) is 2.50. The summed E-state index contributed by atoms with van der Waals surface area (Å²) in [5, 5.41) is 1.55. The van der Waals surface area contributed by atoms with Crippen LogP contribution in [0.3, 0.4) is 0 Å². The number of ether oxygens (including phenoxy) is 1. The van der Waals surface area contributed by atoms with Gasteiger partial charge in [-0.15, -0.1) is 6.58 Å². The lowest BCUT2D eigenvalue weighted by Gasteiger charge is -2.07. The number of aryl methyl sites for hydroxylation is 1. The van der Waals surface area contributed by atoms with E-state index in [2.05, 4.69) is 6.58 Å². The van der Waals surface area contributed by atoms with Crippen LogP contribution in [0.15, 0.2) is 73.3 Å². The van der Waals surface area contributed by atoms with Crippen LogP contribution in [0, 0.1) is 5.82 Å². The van der Waals surface area contributed by atoms with Gasteiger partial charge in [-0.2, -0.15) is 0 Å². The van der Waals surface area contributed by atoms with Crippen LogP contribution in [-0.2, 0) is 6.42 Å². The summed E-state index contributed by atoms with van der Waals surface area (Å²) in [6.07, 6.45) is 3.70. The second-order valence-electron chi connectivity index (χ2n) is 5.57. The number of rotatable bonds is 5. The van der Waals surface area contributed by atoms with E-state index in [9.17, 15) is 9.18 Å². The zero-order valence-corrected chi connectivity index (χ0v) is 13.2. The van der Waals surface area contributed by atoms with Crippen LogP contribution in [-0.4, -0.2) is 5.97 Å². The Morgan fingerprint density at radius 3 is 2.46 bits per heavy atom. The maximum atomic E-state index is 13.2. The maximum absolute atomic E-state index is 13.2. The molecule has 0 spiro atoms. The highest BCUT2D eigenvalue weighted by Gasteiger charge is 2.09. The molecule has 0 N–H and O–H groups in total. The number of halogens is 1. The van der Waals surface area contributed by atoms with E-state index in [1.54, 1.807) is 36.4 Å². The highest BCUT2D eigenvalue weighted by atomic mass is 19.1. The lowest BCUT2D eigenvalue weighted by atomic mass is 10.1. The molecular weight excluding hydrogens is 303 g/mol. The second kappa shape index (κ2) is 7.09. The van der Waals surface area contributed by atoms with Crippen molar-refractivity contribution in [3.63, 3.8) is 0 Å². The molecule has 0 saturated carbocycles. The molecule has 3 aromatic rings. The van der Waals surface area contributed by atoms with Crippen LogP contribution >= 0.6 is 0 Å². The van der Waals surface area contributed by atoms with Gasteiger partial charge in [0.15, 0.2) is 0 Å². The van der Waals surface area contributed by atoms with Crippen LogP contribution in [0.2, 0.25) is 0 Å². The van der Waals surface area contributed by atoms with Gasteiger partial charge >= 0.3 is 5.97 Å². The van der Waals surface area contributed by atoms with Crippen molar-refractivity contribution in [2.75, 3.05) is 0 Å². The summed E-state index contributed by atoms with van der Waals surface area (Å²) in [6, 6.07) is 17.0. The van der Waals surface area contributed by atoms with Gasteiger partial charge in [0.1, 0.15) is 11.6 Å². The molecule has 0 fully saturated rings. The summed E-state index contributed by atoms with van der Waals surface area (Å²) >= 11 is 0. The quantitative estimate of drug-likeness (QED) is 0.361. The Balaban J connectivity index is 1.74. The van der Waals surface area contributed by atoms with Crippen LogP contribution in [0.1, 0.15) is 22.3 Å². The van der Waals surface area contributed by atoms with E-state index < -0.39 is 5.97 Å². The monoisotopic (exact) mass is 320 g/mol. The Hall–Kier alpha value is -2.94. The lowest BCUT2D eigenvalue weighted by Crippen LogP contribution is -2.08. The molecule has 0 radical (unpaired) electrons. The SMILES string of the molecule is C=CCCc1ccc(OC(=O)c2ccc3cc(F)ccc3c2)cc1. The summed E-state index contributed by atoms with van der Waals surface area (Å²) in [5.74, 6) is -0.226. The van der Waals surface area contributed by atoms with E-state index >= 15 is 0 Å². The number of carbonyl (C=O) groups is 1. The number of fused-ring (bicyclic) bond motifs is 1. The van der Waals surface area contributed by atoms with Gasteiger partial charge in [0.05, 0.1) is 5.56 Å². The van der Waals surface area contributed by atoms with Gasteiger partial charge in [-0.1, -0.05) is 30.3 Å². The highest BCUT2D eigenvalue weighted by molar-refractivity contribution is 5.96. The number of esters is 1. The Labute approximate surface area is 140 Å². The molecule has 3 heteroatoms. The molecular formula is C21H17FO2. The first-order valence-electron chi connectivity index (χ1n) is 7.77. The lowest BCUT2D eigenvalue weighted by molar-refractivity contribution is 0.0735. The van der Waals surface area contributed by atoms with Crippen molar-refractivity contribution in [3.8, 4) is 5.75 Å². The molecule has 0 unspecified atom stereocenters. The number of allylic oxidation sites excluding steroid dienone is 1. The third-order valence-corrected chi connectivity index (χ3v) is 3.81. The summed E-state index contributed by atoms with van der Waals surface area (Å²) in [7, 11) is 0. The predicted molar refractivity (Wildman–Crippen MR) is 93.8 cm³/mol. The average molecular weight is 320 g/mol. The predicted octanol–water partition coefficient (Wildman–Crippen LogP) is 5.32. The van der Waals surface area contributed by atoms with E-state index in [0.717, 1.165) is 23.6 Å². The minimum Gasteiger partial charge on any atom is -0.423 e. The van der Waals surface area contributed by atoms with Crippen molar-refractivity contribution in [2.24, 2.45) is 0 Å². The maximum Gasteiger partial charge on any atom is 0.343 e. The van der Waals surface area contributed by atoms with Crippen LogP contribution in [0.5, 0.6) is 5.75 Å². The first-order chi connectivity index (χ1) is 11.7. The van der Waals surface area contributed by atoms with Crippen molar-refractivity contribution < 1.29 is 13.9 Å². The van der Waals surface area contributed by atoms with E-state index in [-0.39, 0.29) is 5.82 Å². The van der Waals surface area contributed by atoms with E-state index in [0.29, 0.717) is 11.3 Å². The molecule has 24 heavy (non-hydrogen) atoms. The molecule has 0 bridgehead atoms. The fraction of sp³-hybridized carbons (Fsp3) is 0.0952. The smallest absolute Gasteiger partial charge is 0.343 e. The Morgan fingerprint density at radius 2 is 1.71 bits per heavy atom. The molecule has 0 aromatic heterocycles. The van der Waals surface area contributed by atoms with Gasteiger partial charge in [-0.25, -0.2) is 9.18 Å². The molecule has 0 atom stereocenters. The number of hydrogen-bond donors (Lipinski definition) is 0. The third kappa shape index (κ3) is 3.69. The van der Waals surface area contributed by atoms with E-state index in [1.165, 1.54) is 17.7 Å². The molecule has 3 aromatic carbocycles. The number of carbonyl (C=O) groups excluding carboxylic acids is 1. The van der Waals surface area contributed by atoms with Gasteiger partial charge in [0, 0.05) is 0 Å². The zero-order valence-electron chi connectivity index (χ0n) is 13.2. The van der Waals surface area contributed by atoms with Gasteiger partial charge in [-0.05, 0) is 65.6 Å². The normalized spacial score (nSPS) is 10.5. The van der Waals surface area contributed by atoms with Gasteiger partial charge in [-0.3, -0.25) is 0 Å². The Morgan fingerprint density at radius 1 is 1.00 bits per heavy atom. The molecule has 0 amide bonds. The minimum atomic E-state index is -0.430. The summed E-state index contributed by atoms with van der Waals surface area (Å²) in [4.78, 5) is 12.3. The van der Waals surface area contributed by atoms with Crippen LogP contribution < -0.4 is 4.74 Å². The van der Waals surface area contributed by atoms with Crippen molar-refractivity contribution in [1.82, 2.24) is 0 Å². The minimum absolute atomic E-state index is 0.297. The molecule has 120 valence electrons. The molecule has 0 aliphatic carbocycles. The molecule has 0 aliphatic rings. The molecule has 0 saturated heterocycles. The molecule has 2 nitrogen and oxygen atoms in total. The van der Waals surface area contributed by atoms with Crippen LogP contribution in [0.25, 0.3) is 10.8 Å². The summed E-state index contributed by atoms with van der Waals surface area (Å²) < 4.78 is 18.6. The Kier molecular flexibility index (Phi) is 4.71. The highest BCUT2D eigenvalue weighted by Crippen LogP contribution is 2.20. The Bertz CT molecular complexity index is 882. The van der Waals surface area contributed by atoms with Crippen molar-refractivity contribution in [2.45, 2.75) is 12.8 Å². The van der Waals surface area contributed by atoms with E-state index in [1.807, 2.05) is 18.2 Å². The molecule has 0 heterocycles. The number of benzene rings is 3. The standard InChI is InChI=1S/C21H17FO2/c1-2-3-4-15-5-11-20(12-6-15)24-21(23)18-8-7-17-14-19(22)10-9-16(17)13-18/h2,5-14H,1,3-4H2. The van der Waals surface area contributed by atoms with Gasteiger partial charge in [0.25, 0.3) is 0 Å². The van der Waals surface area contributed by atoms with Crippen LogP contribution in [0.4, 0.5) is 4.39 Å². The summed E-state index contributed by atoms with van der Waals surface area (Å²) in [6.45, 7) is 3.70. The van der Waals surface area contributed by atoms with Gasteiger partial charge < -0.3 is 4.74 Å². The fourth-order valence-corrected chi connectivity index (χ4v) is 2.50. The van der Waals surface area contributed by atoms with Gasteiger partial charge in [0.2, 0.25) is 0 Å². The number of hydrogen-bond acceptors (Lipinski definition) is 2. The van der Waals surface area contributed by atoms with Crippen molar-refractivity contribution >= 4 is 16.7 Å². The first kappa shape index (κ1) is 15.9. The topological polar surface area (TPSA) is 26.3 Å². The van der Waals surface area contributed by atoms with E-state index in [4.69, 9.17) is 4.74 Å². The molecule has 0 aliphatic heterocycles. The zero-order chi connectivity index (χ0) is 16.9. The second-order valence-corrected chi connectivity index (χ2v) is 5.57. The van der Waals surface area contributed by atoms with Crippen molar-refractivity contribution in [1.29, 1.82) is 0 Å². The first-order valence-corrected chi connectivity index (χ1v) is 7.77. The average Bonchev–Trinajstić information content (AvgIpc) is 2.60. The largest absolute Gasteiger partial charge is 0.423 e. The summed E-state index contributed by atoms with van der Waals surface area (Å²) in [5.41, 5.74) is 1.60. The third-order valence-electron chi connectivity index (χ3n) is 3.81. The van der Waals surface area contributed by atoms with Crippen molar-refractivity contribution in [3.05, 3.63) is 90.3 Å². The molecule has 3 rings (SSSR count).